The molecule has 29 heavy (non-hydrogen) atoms. The van der Waals surface area contributed by atoms with Crippen molar-refractivity contribution in [3.8, 4) is 11.8 Å². The monoisotopic (exact) mass is 405 g/mol. The van der Waals surface area contributed by atoms with Crippen molar-refractivity contribution in [1.82, 2.24) is 4.90 Å². The summed E-state index contributed by atoms with van der Waals surface area (Å²) in [6.07, 6.45) is 10.3. The number of amides is 1. The highest BCUT2D eigenvalue weighted by atomic mass is 16.5. The van der Waals surface area contributed by atoms with Crippen molar-refractivity contribution < 1.29 is 19.4 Å². The summed E-state index contributed by atoms with van der Waals surface area (Å²) in [5, 5.41) is 10.3. The number of ether oxygens (including phenoxy) is 1. The predicted molar refractivity (Wildman–Crippen MR) is 116 cm³/mol. The molecular formula is C24H39NO4. The average molecular weight is 406 g/mol. The molecule has 0 bridgehead atoms. The van der Waals surface area contributed by atoms with Crippen LogP contribution in [0.4, 0.5) is 0 Å². The molecule has 0 aliphatic carbocycles. The summed E-state index contributed by atoms with van der Waals surface area (Å²) >= 11 is 0. The molecule has 1 fully saturated rings. The van der Waals surface area contributed by atoms with E-state index in [0.29, 0.717) is 19.3 Å². The summed E-state index contributed by atoms with van der Waals surface area (Å²) < 4.78 is 5.13. The fraction of sp³-hybridized carbons (Fsp3) is 0.750. The first kappa shape index (κ1) is 25.2. The van der Waals surface area contributed by atoms with E-state index in [1.807, 2.05) is 44.7 Å². The first-order chi connectivity index (χ1) is 13.8. The van der Waals surface area contributed by atoms with Gasteiger partial charge in [0.05, 0.1) is 18.2 Å². The van der Waals surface area contributed by atoms with E-state index in [4.69, 9.17) is 4.74 Å². The van der Waals surface area contributed by atoms with E-state index >= 15 is 0 Å². The van der Waals surface area contributed by atoms with Crippen molar-refractivity contribution in [3.05, 3.63) is 12.2 Å². The first-order valence-corrected chi connectivity index (χ1v) is 11.2. The summed E-state index contributed by atoms with van der Waals surface area (Å²) in [4.78, 5) is 25.6. The third kappa shape index (κ3) is 10.5. The summed E-state index contributed by atoms with van der Waals surface area (Å²) in [5.41, 5.74) is 0. The van der Waals surface area contributed by atoms with Crippen LogP contribution in [-0.4, -0.2) is 46.7 Å². The molecule has 5 heteroatoms. The number of carbonyl (C=O) groups excluding carboxylic acids is 2. The Hall–Kier alpha value is -1.80. The molecule has 0 radical (unpaired) electrons. The summed E-state index contributed by atoms with van der Waals surface area (Å²) in [7, 11) is 0. The van der Waals surface area contributed by atoms with Crippen LogP contribution in [0.5, 0.6) is 0 Å². The van der Waals surface area contributed by atoms with Gasteiger partial charge in [0, 0.05) is 32.2 Å². The van der Waals surface area contributed by atoms with Crippen LogP contribution in [0.2, 0.25) is 0 Å². The van der Waals surface area contributed by atoms with E-state index in [1.54, 1.807) is 0 Å². The van der Waals surface area contributed by atoms with Crippen molar-refractivity contribution in [2.75, 3.05) is 6.54 Å². The minimum atomic E-state index is -0.538. The van der Waals surface area contributed by atoms with Crippen molar-refractivity contribution >= 4 is 11.9 Å². The maximum atomic E-state index is 12.2. The van der Waals surface area contributed by atoms with Crippen LogP contribution >= 0.6 is 0 Å². The van der Waals surface area contributed by atoms with Gasteiger partial charge in [0.2, 0.25) is 5.91 Å². The van der Waals surface area contributed by atoms with Crippen molar-refractivity contribution in [2.24, 2.45) is 5.92 Å². The zero-order chi connectivity index (χ0) is 21.6. The van der Waals surface area contributed by atoms with Gasteiger partial charge >= 0.3 is 5.97 Å². The molecule has 164 valence electrons. The second kappa shape index (κ2) is 14.2. The fourth-order valence-electron chi connectivity index (χ4n) is 3.38. The van der Waals surface area contributed by atoms with E-state index in [0.717, 1.165) is 45.1 Å². The summed E-state index contributed by atoms with van der Waals surface area (Å²) in [5.74, 6) is 6.26. The highest BCUT2D eigenvalue weighted by molar-refractivity contribution is 5.79. The number of hydrogen-bond acceptors (Lipinski definition) is 4. The highest BCUT2D eigenvalue weighted by Crippen LogP contribution is 2.22. The Balaban J connectivity index is 2.33. The number of nitrogens with zero attached hydrogens (tertiary/aromatic N) is 1. The lowest BCUT2D eigenvalue weighted by molar-refractivity contribution is -0.147. The Morgan fingerprint density at radius 3 is 2.66 bits per heavy atom. The Labute approximate surface area is 176 Å². The molecule has 1 saturated heterocycles. The molecule has 3 atom stereocenters. The van der Waals surface area contributed by atoms with E-state index in [9.17, 15) is 14.7 Å². The van der Waals surface area contributed by atoms with Gasteiger partial charge in [-0.25, -0.2) is 0 Å². The van der Waals surface area contributed by atoms with Gasteiger partial charge in [-0.15, -0.1) is 11.8 Å². The van der Waals surface area contributed by atoms with Crippen LogP contribution in [0.25, 0.3) is 0 Å². The number of hydrogen-bond donors (Lipinski definition) is 1. The Morgan fingerprint density at radius 2 is 1.97 bits per heavy atom. The molecule has 0 saturated carbocycles. The number of likely N-dealkylation sites (tertiary alicyclic amines) is 1. The van der Waals surface area contributed by atoms with Crippen LogP contribution < -0.4 is 0 Å². The van der Waals surface area contributed by atoms with Crippen molar-refractivity contribution in [3.63, 3.8) is 0 Å². The van der Waals surface area contributed by atoms with Gasteiger partial charge < -0.3 is 14.7 Å². The van der Waals surface area contributed by atoms with Crippen LogP contribution in [0.3, 0.4) is 0 Å². The predicted octanol–water partition coefficient (Wildman–Crippen LogP) is 4.24. The van der Waals surface area contributed by atoms with E-state index in [2.05, 4.69) is 11.8 Å². The topological polar surface area (TPSA) is 66.8 Å². The lowest BCUT2D eigenvalue weighted by Crippen LogP contribution is -2.33. The molecule has 0 aromatic carbocycles. The number of aliphatic hydroxyl groups is 1. The SMILES string of the molecule is CCC#CCC(C)C(O)/C=C/[C@H]1CCC(=O)N1CCCCCCC(=O)OC(C)C. The Morgan fingerprint density at radius 1 is 1.24 bits per heavy atom. The smallest absolute Gasteiger partial charge is 0.306 e. The van der Waals surface area contributed by atoms with Crippen LogP contribution in [0, 0.1) is 17.8 Å². The molecule has 0 aromatic rings. The van der Waals surface area contributed by atoms with Crippen molar-refractivity contribution in [1.29, 1.82) is 0 Å². The van der Waals surface area contributed by atoms with Gasteiger partial charge in [-0.1, -0.05) is 38.8 Å². The molecule has 0 aromatic heterocycles. The Bertz CT molecular complexity index is 587. The number of esters is 1. The van der Waals surface area contributed by atoms with Crippen LogP contribution in [-0.2, 0) is 14.3 Å². The third-order valence-electron chi connectivity index (χ3n) is 5.11. The van der Waals surface area contributed by atoms with Gasteiger partial charge in [-0.3, -0.25) is 9.59 Å². The quantitative estimate of drug-likeness (QED) is 0.228. The lowest BCUT2D eigenvalue weighted by Gasteiger charge is -2.23. The maximum Gasteiger partial charge on any atom is 0.306 e. The number of rotatable bonds is 12. The van der Waals surface area contributed by atoms with Crippen molar-refractivity contribution in [2.45, 2.75) is 104 Å². The largest absolute Gasteiger partial charge is 0.463 e. The molecule has 1 aliphatic rings. The zero-order valence-corrected chi connectivity index (χ0v) is 18.7. The molecule has 1 N–H and O–H groups in total. The van der Waals surface area contributed by atoms with Gasteiger partial charge in [0.1, 0.15) is 0 Å². The Kier molecular flexibility index (Phi) is 12.4. The molecule has 1 amide bonds. The van der Waals surface area contributed by atoms with Crippen LogP contribution in [0.1, 0.15) is 85.5 Å². The number of carbonyl (C=O) groups is 2. The molecule has 5 nitrogen and oxygen atoms in total. The number of unbranched alkanes of at least 4 members (excludes halogenated alkanes) is 3. The molecule has 1 aliphatic heterocycles. The van der Waals surface area contributed by atoms with E-state index < -0.39 is 6.10 Å². The molecule has 1 heterocycles. The molecular weight excluding hydrogens is 366 g/mol. The molecule has 0 spiro atoms. The standard InChI is InChI=1S/C24H39NO4/c1-5-6-9-12-20(4)22(26)16-14-21-15-17-23(27)25(21)18-11-8-7-10-13-24(28)29-19(2)3/h14,16,19-22,26H,5,7-8,10-13,15,17-18H2,1-4H3/b16-14+/t20?,21-,22?/m0/s1. The van der Waals surface area contributed by atoms with E-state index in [1.165, 1.54) is 0 Å². The highest BCUT2D eigenvalue weighted by Gasteiger charge is 2.28. The third-order valence-corrected chi connectivity index (χ3v) is 5.11. The minimum Gasteiger partial charge on any atom is -0.463 e. The fourth-order valence-corrected chi connectivity index (χ4v) is 3.38. The summed E-state index contributed by atoms with van der Waals surface area (Å²) in [6, 6.07) is 0.0760. The van der Waals surface area contributed by atoms with Gasteiger partial charge in [-0.05, 0) is 39.0 Å². The number of aliphatic hydroxyl groups excluding tert-OH is 1. The first-order valence-electron chi connectivity index (χ1n) is 11.2. The van der Waals surface area contributed by atoms with Gasteiger partial charge in [0.25, 0.3) is 0 Å². The lowest BCUT2D eigenvalue weighted by atomic mass is 10.00. The van der Waals surface area contributed by atoms with Crippen LogP contribution in [0.15, 0.2) is 12.2 Å². The minimum absolute atomic E-state index is 0.0561. The normalized spacial score (nSPS) is 18.8. The maximum absolute atomic E-state index is 12.2. The van der Waals surface area contributed by atoms with Gasteiger partial charge in [-0.2, -0.15) is 0 Å². The zero-order valence-electron chi connectivity index (χ0n) is 18.7. The summed E-state index contributed by atoms with van der Waals surface area (Å²) in [6.45, 7) is 8.46. The second-order valence-corrected chi connectivity index (χ2v) is 8.16. The molecule has 2 unspecified atom stereocenters. The average Bonchev–Trinajstić information content (AvgIpc) is 3.01. The van der Waals surface area contributed by atoms with E-state index in [-0.39, 0.29) is 29.9 Å². The second-order valence-electron chi connectivity index (χ2n) is 8.16. The molecule has 1 rings (SSSR count). The van der Waals surface area contributed by atoms with Gasteiger partial charge in [0.15, 0.2) is 0 Å².